The fourth-order valence-electron chi connectivity index (χ4n) is 1.04. The van der Waals surface area contributed by atoms with Gasteiger partial charge in [0.1, 0.15) is 0 Å². The van der Waals surface area contributed by atoms with E-state index < -0.39 is 0 Å². The monoisotopic (exact) mass is 210 g/mol. The molecule has 0 atom stereocenters. The topological polar surface area (TPSA) is 0 Å². The summed E-state index contributed by atoms with van der Waals surface area (Å²) in [6, 6.07) is 0. The first kappa shape index (κ1) is 13.9. The average molecular weight is 210 g/mol. The van der Waals surface area contributed by atoms with Crippen LogP contribution in [0, 0.1) is 0 Å². The second kappa shape index (κ2) is 9.47. The summed E-state index contributed by atoms with van der Waals surface area (Å²) in [4.78, 5) is 0. The third-order valence-corrected chi connectivity index (χ3v) is 1.82. The highest BCUT2D eigenvalue weighted by Crippen LogP contribution is 2.12. The van der Waals surface area contributed by atoms with Gasteiger partial charge < -0.3 is 0 Å². The van der Waals surface area contributed by atoms with Crippen LogP contribution in [0.15, 0.2) is 98.2 Å². The molecule has 16 heavy (non-hydrogen) atoms. The minimum atomic E-state index is 1.02. The van der Waals surface area contributed by atoms with Crippen molar-refractivity contribution in [3.8, 4) is 0 Å². The van der Waals surface area contributed by atoms with Crippen LogP contribution in [0.5, 0.6) is 0 Å². The van der Waals surface area contributed by atoms with Gasteiger partial charge >= 0.3 is 0 Å². The molecule has 0 amide bonds. The van der Waals surface area contributed by atoms with Gasteiger partial charge in [0.2, 0.25) is 0 Å². The quantitative estimate of drug-likeness (QED) is 0.534. The molecule has 0 rings (SSSR count). The minimum absolute atomic E-state index is 1.02. The van der Waals surface area contributed by atoms with Crippen LogP contribution in [-0.4, -0.2) is 0 Å². The normalized spacial score (nSPS) is 13.0. The van der Waals surface area contributed by atoms with Crippen molar-refractivity contribution in [3.63, 3.8) is 0 Å². The molecule has 0 spiro atoms. The zero-order valence-corrected chi connectivity index (χ0v) is 9.60. The smallest absolute Gasteiger partial charge is 0.0190 e. The molecule has 0 fully saturated rings. The van der Waals surface area contributed by atoms with Crippen LogP contribution in [-0.2, 0) is 0 Å². The number of allylic oxidation sites excluding steroid dienone is 12. The first-order chi connectivity index (χ1) is 7.79. The van der Waals surface area contributed by atoms with E-state index in [2.05, 4.69) is 26.3 Å². The predicted molar refractivity (Wildman–Crippen MR) is 75.2 cm³/mol. The third kappa shape index (κ3) is 5.61. The molecular weight excluding hydrogens is 192 g/mol. The molecule has 82 valence electrons. The SMILES string of the molecule is C=C\C=C/C=C(C=C)/C(C=C)=C/C=C\C=C. The Morgan fingerprint density at radius 1 is 0.562 bits per heavy atom. The van der Waals surface area contributed by atoms with E-state index in [9.17, 15) is 0 Å². The molecular formula is C16H18. The third-order valence-electron chi connectivity index (χ3n) is 1.82. The Hall–Kier alpha value is -2.08. The Morgan fingerprint density at radius 3 is 1.19 bits per heavy atom. The van der Waals surface area contributed by atoms with Gasteiger partial charge in [-0.25, -0.2) is 0 Å². The zero-order valence-electron chi connectivity index (χ0n) is 9.60. The van der Waals surface area contributed by atoms with Crippen LogP contribution in [0.25, 0.3) is 0 Å². The lowest BCUT2D eigenvalue weighted by Crippen LogP contribution is -1.80. The average Bonchev–Trinajstić information content (AvgIpc) is 2.31. The van der Waals surface area contributed by atoms with E-state index in [0.717, 1.165) is 11.1 Å². The van der Waals surface area contributed by atoms with Gasteiger partial charge in [0.25, 0.3) is 0 Å². The van der Waals surface area contributed by atoms with Crippen molar-refractivity contribution in [1.29, 1.82) is 0 Å². The van der Waals surface area contributed by atoms with Crippen LogP contribution >= 0.6 is 0 Å². The lowest BCUT2D eigenvalue weighted by molar-refractivity contribution is 1.55. The maximum atomic E-state index is 3.78. The van der Waals surface area contributed by atoms with Crippen LogP contribution in [0.3, 0.4) is 0 Å². The molecule has 0 aromatic heterocycles. The van der Waals surface area contributed by atoms with E-state index in [1.165, 1.54) is 0 Å². The van der Waals surface area contributed by atoms with Crippen molar-refractivity contribution in [3.05, 3.63) is 98.2 Å². The highest BCUT2D eigenvalue weighted by molar-refractivity contribution is 5.48. The van der Waals surface area contributed by atoms with Crippen LogP contribution in [0.2, 0.25) is 0 Å². The van der Waals surface area contributed by atoms with Crippen molar-refractivity contribution >= 4 is 0 Å². The van der Waals surface area contributed by atoms with E-state index in [-0.39, 0.29) is 0 Å². The summed E-state index contributed by atoms with van der Waals surface area (Å²) in [5.41, 5.74) is 2.03. The predicted octanol–water partition coefficient (Wildman–Crippen LogP) is 4.70. The summed E-state index contributed by atoms with van der Waals surface area (Å²) in [6.07, 6.45) is 18.5. The molecule has 0 aromatic rings. The van der Waals surface area contributed by atoms with Gasteiger partial charge in [-0.1, -0.05) is 87.1 Å². The fourth-order valence-corrected chi connectivity index (χ4v) is 1.04. The Labute approximate surface area is 98.7 Å². The second-order valence-corrected chi connectivity index (χ2v) is 2.89. The molecule has 0 N–H and O–H groups in total. The molecule has 0 saturated carbocycles. The first-order valence-corrected chi connectivity index (χ1v) is 5.04. The maximum absolute atomic E-state index is 3.78. The van der Waals surface area contributed by atoms with E-state index in [0.29, 0.717) is 0 Å². The van der Waals surface area contributed by atoms with Gasteiger partial charge in [-0.05, 0) is 11.1 Å². The summed E-state index contributed by atoms with van der Waals surface area (Å²) >= 11 is 0. The molecule has 0 heteroatoms. The fraction of sp³-hybridized carbons (Fsp3) is 0. The molecule has 0 nitrogen and oxygen atoms in total. The maximum Gasteiger partial charge on any atom is -0.0190 e. The minimum Gasteiger partial charge on any atom is -0.0991 e. The molecule has 0 aliphatic rings. The number of hydrogen-bond donors (Lipinski definition) is 0. The Morgan fingerprint density at radius 2 is 0.938 bits per heavy atom. The van der Waals surface area contributed by atoms with E-state index in [1.807, 2.05) is 36.5 Å². The largest absolute Gasteiger partial charge is 0.0991 e. The van der Waals surface area contributed by atoms with Crippen LogP contribution in [0.4, 0.5) is 0 Å². The van der Waals surface area contributed by atoms with E-state index >= 15 is 0 Å². The molecule has 0 bridgehead atoms. The molecule has 0 aliphatic carbocycles. The molecule has 0 heterocycles. The number of hydrogen-bond acceptors (Lipinski definition) is 0. The molecule has 0 unspecified atom stereocenters. The Balaban J connectivity index is 5.02. The standard InChI is InChI=1S/C16H18/c1-5-9-11-13-15(7-3)16(8-4)14-12-10-6-2/h5-14H,1-4H2/b11-9-,12-10-,15-13+,16-14+. The van der Waals surface area contributed by atoms with Gasteiger partial charge in [0.15, 0.2) is 0 Å². The zero-order chi connectivity index (χ0) is 12.2. The van der Waals surface area contributed by atoms with E-state index in [1.54, 1.807) is 24.3 Å². The summed E-state index contributed by atoms with van der Waals surface area (Å²) < 4.78 is 0. The number of rotatable bonds is 7. The lowest BCUT2D eigenvalue weighted by Gasteiger charge is -2.00. The molecule has 0 saturated heterocycles. The summed E-state index contributed by atoms with van der Waals surface area (Å²) in [5.74, 6) is 0. The van der Waals surface area contributed by atoms with Crippen molar-refractivity contribution in [1.82, 2.24) is 0 Å². The summed E-state index contributed by atoms with van der Waals surface area (Å²) in [5, 5.41) is 0. The Kier molecular flexibility index (Phi) is 8.24. The highest BCUT2D eigenvalue weighted by Gasteiger charge is 1.93. The van der Waals surface area contributed by atoms with Crippen LogP contribution < -0.4 is 0 Å². The van der Waals surface area contributed by atoms with Crippen molar-refractivity contribution in [2.75, 3.05) is 0 Å². The van der Waals surface area contributed by atoms with Crippen molar-refractivity contribution in [2.45, 2.75) is 0 Å². The van der Waals surface area contributed by atoms with E-state index in [4.69, 9.17) is 0 Å². The van der Waals surface area contributed by atoms with Crippen LogP contribution in [0.1, 0.15) is 0 Å². The molecule has 0 aliphatic heterocycles. The van der Waals surface area contributed by atoms with Gasteiger partial charge in [0, 0.05) is 0 Å². The first-order valence-electron chi connectivity index (χ1n) is 5.04. The highest BCUT2D eigenvalue weighted by atomic mass is 14.0. The van der Waals surface area contributed by atoms with Crippen molar-refractivity contribution < 1.29 is 0 Å². The van der Waals surface area contributed by atoms with Gasteiger partial charge in [0.05, 0.1) is 0 Å². The Bertz CT molecular complexity index is 333. The molecule has 0 radical (unpaired) electrons. The van der Waals surface area contributed by atoms with Gasteiger partial charge in [-0.2, -0.15) is 0 Å². The van der Waals surface area contributed by atoms with Gasteiger partial charge in [-0.15, -0.1) is 0 Å². The summed E-state index contributed by atoms with van der Waals surface area (Å²) in [6.45, 7) is 14.8. The molecule has 0 aromatic carbocycles. The van der Waals surface area contributed by atoms with Crippen molar-refractivity contribution in [2.24, 2.45) is 0 Å². The lowest BCUT2D eigenvalue weighted by atomic mass is 10.1. The summed E-state index contributed by atoms with van der Waals surface area (Å²) in [7, 11) is 0. The second-order valence-electron chi connectivity index (χ2n) is 2.89. The van der Waals surface area contributed by atoms with Gasteiger partial charge in [-0.3, -0.25) is 0 Å².